The monoisotopic (exact) mass is 353 g/mol. The highest BCUT2D eigenvalue weighted by molar-refractivity contribution is 6.44. The molecule has 0 saturated heterocycles. The molecule has 2 aromatic rings. The normalized spacial score (nSPS) is 10.6. The number of anilines is 1. The molecule has 0 aromatic heterocycles. The highest BCUT2D eigenvalue weighted by atomic mass is 35.5. The second-order valence-electron chi connectivity index (χ2n) is 3.88. The summed E-state index contributed by atoms with van der Waals surface area (Å²) in [6, 6.07) is 8.60. The van der Waals surface area contributed by atoms with Crippen LogP contribution in [0.2, 0.25) is 25.1 Å². The molecule has 1 N–H and O–H groups in total. The average Bonchev–Trinajstić information content (AvgIpc) is 2.31. The quantitative estimate of drug-likeness (QED) is 0.614. The van der Waals surface area contributed by atoms with E-state index in [4.69, 9.17) is 58.0 Å². The van der Waals surface area contributed by atoms with Crippen molar-refractivity contribution in [2.24, 2.45) is 0 Å². The van der Waals surface area contributed by atoms with E-state index in [1.165, 1.54) is 0 Å². The summed E-state index contributed by atoms with van der Waals surface area (Å²) in [6.07, 6.45) is 0. The molecule has 0 bridgehead atoms. The van der Waals surface area contributed by atoms with Crippen LogP contribution in [0.1, 0.15) is 5.56 Å². The predicted octanol–water partition coefficient (Wildman–Crippen LogP) is 6.57. The molecule has 0 radical (unpaired) electrons. The summed E-state index contributed by atoms with van der Waals surface area (Å²) in [5, 5.41) is 5.70. The Morgan fingerprint density at radius 2 is 1.26 bits per heavy atom. The second kappa shape index (κ2) is 6.43. The minimum absolute atomic E-state index is 0.419. The Hall–Kier alpha value is -0.310. The van der Waals surface area contributed by atoms with E-state index in [2.05, 4.69) is 5.32 Å². The van der Waals surface area contributed by atoms with Crippen molar-refractivity contribution in [2.45, 2.75) is 6.54 Å². The number of rotatable bonds is 3. The Morgan fingerprint density at radius 3 is 1.89 bits per heavy atom. The number of hydrogen-bond acceptors (Lipinski definition) is 1. The molecule has 0 heterocycles. The van der Waals surface area contributed by atoms with Crippen LogP contribution in [0, 0.1) is 0 Å². The molecule has 1 nitrogen and oxygen atoms in total. The van der Waals surface area contributed by atoms with Crippen molar-refractivity contribution in [3.63, 3.8) is 0 Å². The molecule has 2 aromatic carbocycles. The largest absolute Gasteiger partial charge is 0.380 e. The van der Waals surface area contributed by atoms with Gasteiger partial charge < -0.3 is 5.32 Å². The van der Waals surface area contributed by atoms with Gasteiger partial charge in [-0.3, -0.25) is 0 Å². The van der Waals surface area contributed by atoms with Crippen LogP contribution < -0.4 is 5.32 Å². The molecule has 0 unspecified atom stereocenters. The van der Waals surface area contributed by atoms with E-state index in [1.807, 2.05) is 12.1 Å². The molecule has 0 saturated carbocycles. The fourth-order valence-corrected chi connectivity index (χ4v) is 2.75. The van der Waals surface area contributed by atoms with Gasteiger partial charge in [-0.15, -0.1) is 0 Å². The minimum atomic E-state index is 0.419. The van der Waals surface area contributed by atoms with Crippen molar-refractivity contribution in [3.8, 4) is 0 Å². The van der Waals surface area contributed by atoms with Crippen molar-refractivity contribution in [1.29, 1.82) is 0 Å². The standard InChI is InChI=1S/C13H8Cl5N/c14-8-1-7(2-9(15)3-8)6-19-13-5-11(17)10(16)4-12(13)18/h1-5,19H,6H2. The molecule has 6 heteroatoms. The first-order valence-corrected chi connectivity index (χ1v) is 7.18. The highest BCUT2D eigenvalue weighted by Gasteiger charge is 2.06. The second-order valence-corrected chi connectivity index (χ2v) is 5.97. The molecule has 0 fully saturated rings. The topological polar surface area (TPSA) is 12.0 Å². The Morgan fingerprint density at radius 1 is 0.684 bits per heavy atom. The molecule has 0 atom stereocenters. The maximum Gasteiger partial charge on any atom is 0.0653 e. The van der Waals surface area contributed by atoms with Crippen LogP contribution >= 0.6 is 58.0 Å². The lowest BCUT2D eigenvalue weighted by molar-refractivity contribution is 1.15. The molecule has 19 heavy (non-hydrogen) atoms. The van der Waals surface area contributed by atoms with Crippen molar-refractivity contribution < 1.29 is 0 Å². The van der Waals surface area contributed by atoms with Gasteiger partial charge in [0.05, 0.1) is 20.8 Å². The molecule has 0 spiro atoms. The van der Waals surface area contributed by atoms with Crippen LogP contribution in [0.3, 0.4) is 0 Å². The SMILES string of the molecule is Clc1cc(Cl)cc(CNc2cc(Cl)c(Cl)cc2Cl)c1. The van der Waals surface area contributed by atoms with Gasteiger partial charge in [-0.25, -0.2) is 0 Å². The number of benzene rings is 2. The van der Waals surface area contributed by atoms with E-state index in [0.29, 0.717) is 37.3 Å². The van der Waals surface area contributed by atoms with Gasteiger partial charge in [0.15, 0.2) is 0 Å². The summed E-state index contributed by atoms with van der Waals surface area (Å²) in [5.41, 5.74) is 1.65. The summed E-state index contributed by atoms with van der Waals surface area (Å²) in [7, 11) is 0. The molecular formula is C13H8Cl5N. The van der Waals surface area contributed by atoms with Crippen molar-refractivity contribution in [3.05, 3.63) is 61.0 Å². The Bertz CT molecular complexity index is 592. The van der Waals surface area contributed by atoms with E-state index in [9.17, 15) is 0 Å². The third-order valence-electron chi connectivity index (χ3n) is 2.42. The van der Waals surface area contributed by atoms with E-state index >= 15 is 0 Å². The van der Waals surface area contributed by atoms with Gasteiger partial charge in [0, 0.05) is 16.6 Å². The fraction of sp³-hybridized carbons (Fsp3) is 0.0769. The summed E-state index contributed by atoms with van der Waals surface area (Å²) in [6.45, 7) is 0.526. The van der Waals surface area contributed by atoms with E-state index in [1.54, 1.807) is 18.2 Å². The van der Waals surface area contributed by atoms with Crippen LogP contribution in [-0.4, -0.2) is 0 Å². The number of nitrogens with one attached hydrogen (secondary N) is 1. The first-order chi connectivity index (χ1) is 8.95. The maximum absolute atomic E-state index is 6.07. The van der Waals surface area contributed by atoms with Crippen LogP contribution in [0.25, 0.3) is 0 Å². The zero-order valence-electron chi connectivity index (χ0n) is 9.48. The zero-order valence-corrected chi connectivity index (χ0v) is 13.3. The third-order valence-corrected chi connectivity index (χ3v) is 3.89. The molecule has 2 rings (SSSR count). The fourth-order valence-electron chi connectivity index (χ4n) is 1.57. The van der Waals surface area contributed by atoms with Crippen LogP contribution in [-0.2, 0) is 6.54 Å². The molecule has 0 aliphatic heterocycles. The highest BCUT2D eigenvalue weighted by Crippen LogP contribution is 2.32. The third kappa shape index (κ3) is 4.08. The average molecular weight is 355 g/mol. The summed E-state index contributed by atoms with van der Waals surface area (Å²) >= 11 is 29.7. The van der Waals surface area contributed by atoms with E-state index in [0.717, 1.165) is 5.56 Å². The van der Waals surface area contributed by atoms with E-state index in [-0.39, 0.29) is 0 Å². The van der Waals surface area contributed by atoms with Gasteiger partial charge >= 0.3 is 0 Å². The van der Waals surface area contributed by atoms with E-state index < -0.39 is 0 Å². The lowest BCUT2D eigenvalue weighted by Crippen LogP contribution is -2.00. The lowest BCUT2D eigenvalue weighted by Gasteiger charge is -2.10. The molecule has 0 amide bonds. The predicted molar refractivity (Wildman–Crippen MR) is 85.3 cm³/mol. The van der Waals surface area contributed by atoms with Crippen LogP contribution in [0.4, 0.5) is 5.69 Å². The van der Waals surface area contributed by atoms with Gasteiger partial charge in [-0.1, -0.05) is 58.0 Å². The van der Waals surface area contributed by atoms with Crippen molar-refractivity contribution in [1.82, 2.24) is 0 Å². The molecular weight excluding hydrogens is 347 g/mol. The summed E-state index contributed by atoms with van der Waals surface area (Å²) < 4.78 is 0. The van der Waals surface area contributed by atoms with Crippen molar-refractivity contribution >= 4 is 63.7 Å². The van der Waals surface area contributed by atoms with Gasteiger partial charge in [0.1, 0.15) is 0 Å². The Labute approximate surface area is 136 Å². The number of halogens is 5. The first kappa shape index (κ1) is 15.1. The molecule has 100 valence electrons. The van der Waals surface area contributed by atoms with Gasteiger partial charge in [0.2, 0.25) is 0 Å². The summed E-state index contributed by atoms with van der Waals surface area (Å²) in [5.74, 6) is 0. The van der Waals surface area contributed by atoms with Crippen LogP contribution in [0.5, 0.6) is 0 Å². The maximum atomic E-state index is 6.07. The lowest BCUT2D eigenvalue weighted by atomic mass is 10.2. The number of hydrogen-bond donors (Lipinski definition) is 1. The van der Waals surface area contributed by atoms with Crippen molar-refractivity contribution in [2.75, 3.05) is 5.32 Å². The minimum Gasteiger partial charge on any atom is -0.380 e. The molecule has 0 aliphatic carbocycles. The Balaban J connectivity index is 2.16. The van der Waals surface area contributed by atoms with Gasteiger partial charge in [-0.2, -0.15) is 0 Å². The Kier molecular flexibility index (Phi) is 5.10. The zero-order chi connectivity index (χ0) is 14.0. The van der Waals surface area contributed by atoms with Crippen LogP contribution in [0.15, 0.2) is 30.3 Å². The smallest absolute Gasteiger partial charge is 0.0653 e. The molecule has 0 aliphatic rings. The van der Waals surface area contributed by atoms with Gasteiger partial charge in [0.25, 0.3) is 0 Å². The van der Waals surface area contributed by atoms with Gasteiger partial charge in [-0.05, 0) is 35.9 Å². The summed E-state index contributed by atoms with van der Waals surface area (Å²) in [4.78, 5) is 0. The first-order valence-electron chi connectivity index (χ1n) is 5.29.